The first-order valence-electron chi connectivity index (χ1n) is 5.63. The number of aromatic nitrogens is 3. The molecular weight excluding hydrogens is 212 g/mol. The molecule has 2 rings (SSSR count). The number of nitrogen functional groups attached to an aromatic ring is 1. The predicted molar refractivity (Wildman–Crippen MR) is 68.5 cm³/mol. The zero-order valence-corrected chi connectivity index (χ0v) is 10.3. The molecule has 0 aliphatic heterocycles. The van der Waals surface area contributed by atoms with Crippen LogP contribution in [0.2, 0.25) is 0 Å². The number of rotatable bonds is 2. The molecule has 0 atom stereocenters. The van der Waals surface area contributed by atoms with Gasteiger partial charge in [-0.15, -0.1) is 0 Å². The molecule has 0 amide bonds. The lowest BCUT2D eigenvalue weighted by molar-refractivity contribution is 0.778. The van der Waals surface area contributed by atoms with Gasteiger partial charge in [-0.2, -0.15) is 0 Å². The molecule has 0 saturated carbocycles. The second kappa shape index (κ2) is 4.49. The van der Waals surface area contributed by atoms with Gasteiger partial charge in [0.15, 0.2) is 0 Å². The Morgan fingerprint density at radius 1 is 1.24 bits per heavy atom. The number of hydrogen-bond donors (Lipinski definition) is 1. The highest BCUT2D eigenvalue weighted by atomic mass is 14.9. The Morgan fingerprint density at radius 2 is 2.00 bits per heavy atom. The summed E-state index contributed by atoms with van der Waals surface area (Å²) in [5.74, 6) is 1.55. The van der Waals surface area contributed by atoms with E-state index in [4.69, 9.17) is 5.73 Å². The summed E-state index contributed by atoms with van der Waals surface area (Å²) in [4.78, 5) is 12.9. The average Bonchev–Trinajstić information content (AvgIpc) is 2.28. The number of aryl methyl sites for hydroxylation is 1. The van der Waals surface area contributed by atoms with E-state index in [-0.39, 0.29) is 5.92 Å². The smallest absolute Gasteiger partial charge is 0.133 e. The molecule has 0 fully saturated rings. The Hall–Kier alpha value is -1.97. The number of hydrogen-bond acceptors (Lipinski definition) is 4. The minimum atomic E-state index is 0.263. The first-order chi connectivity index (χ1) is 8.08. The summed E-state index contributed by atoms with van der Waals surface area (Å²) in [7, 11) is 0. The first kappa shape index (κ1) is 11.5. The minimum absolute atomic E-state index is 0.263. The molecule has 0 radical (unpaired) electrons. The van der Waals surface area contributed by atoms with Gasteiger partial charge in [0.1, 0.15) is 11.6 Å². The maximum absolute atomic E-state index is 5.82. The van der Waals surface area contributed by atoms with Crippen LogP contribution in [0.3, 0.4) is 0 Å². The van der Waals surface area contributed by atoms with Gasteiger partial charge in [-0.3, -0.25) is 4.98 Å². The summed E-state index contributed by atoms with van der Waals surface area (Å²) in [5.41, 5.74) is 8.82. The van der Waals surface area contributed by atoms with Crippen LogP contribution in [0.4, 0.5) is 5.82 Å². The molecule has 4 heteroatoms. The van der Waals surface area contributed by atoms with Crippen molar-refractivity contribution in [2.45, 2.75) is 26.7 Å². The average molecular weight is 228 g/mol. The van der Waals surface area contributed by atoms with E-state index in [1.165, 1.54) is 0 Å². The third-order valence-corrected chi connectivity index (χ3v) is 2.58. The summed E-state index contributed by atoms with van der Waals surface area (Å²) in [6.45, 7) is 6.12. The van der Waals surface area contributed by atoms with E-state index in [1.807, 2.05) is 19.2 Å². The predicted octanol–water partition coefficient (Wildman–Crippen LogP) is 2.55. The van der Waals surface area contributed by atoms with Gasteiger partial charge in [-0.05, 0) is 18.6 Å². The van der Waals surface area contributed by atoms with Gasteiger partial charge in [-0.25, -0.2) is 9.97 Å². The maximum atomic E-state index is 5.82. The van der Waals surface area contributed by atoms with E-state index in [0.29, 0.717) is 5.82 Å². The lowest BCUT2D eigenvalue weighted by Gasteiger charge is -2.09. The highest BCUT2D eigenvalue weighted by Gasteiger charge is 2.09. The van der Waals surface area contributed by atoms with E-state index in [2.05, 4.69) is 28.8 Å². The van der Waals surface area contributed by atoms with Crippen molar-refractivity contribution in [2.24, 2.45) is 0 Å². The van der Waals surface area contributed by atoms with E-state index in [9.17, 15) is 0 Å². The summed E-state index contributed by atoms with van der Waals surface area (Å²) < 4.78 is 0. The molecule has 2 aromatic rings. The van der Waals surface area contributed by atoms with Crippen molar-refractivity contribution < 1.29 is 0 Å². The first-order valence-corrected chi connectivity index (χ1v) is 5.63. The molecule has 2 N–H and O–H groups in total. The van der Waals surface area contributed by atoms with E-state index < -0.39 is 0 Å². The van der Waals surface area contributed by atoms with Crippen molar-refractivity contribution >= 4 is 5.82 Å². The highest BCUT2D eigenvalue weighted by Crippen LogP contribution is 2.23. The van der Waals surface area contributed by atoms with Crippen LogP contribution in [-0.2, 0) is 0 Å². The molecule has 0 saturated heterocycles. The molecule has 4 nitrogen and oxygen atoms in total. The number of nitrogens with zero attached hydrogens (tertiary/aromatic N) is 3. The van der Waals surface area contributed by atoms with Crippen LogP contribution < -0.4 is 5.73 Å². The van der Waals surface area contributed by atoms with Gasteiger partial charge in [0, 0.05) is 29.9 Å². The molecule has 0 bridgehead atoms. The van der Waals surface area contributed by atoms with Crippen molar-refractivity contribution in [3.63, 3.8) is 0 Å². The van der Waals surface area contributed by atoms with Crippen LogP contribution in [0.5, 0.6) is 0 Å². The highest BCUT2D eigenvalue weighted by molar-refractivity contribution is 5.64. The van der Waals surface area contributed by atoms with Crippen molar-refractivity contribution in [1.29, 1.82) is 0 Å². The van der Waals surface area contributed by atoms with Crippen LogP contribution >= 0.6 is 0 Å². The van der Waals surface area contributed by atoms with Crippen molar-refractivity contribution in [1.82, 2.24) is 15.0 Å². The van der Waals surface area contributed by atoms with Gasteiger partial charge in [0.05, 0.1) is 5.69 Å². The Bertz CT molecular complexity index is 535. The van der Waals surface area contributed by atoms with Gasteiger partial charge >= 0.3 is 0 Å². The molecule has 0 unspecified atom stereocenters. The number of pyridine rings is 1. The van der Waals surface area contributed by atoms with Gasteiger partial charge in [0.25, 0.3) is 0 Å². The van der Waals surface area contributed by atoms with Crippen molar-refractivity contribution in [3.8, 4) is 11.3 Å². The summed E-state index contributed by atoms with van der Waals surface area (Å²) in [6.07, 6.45) is 3.58. The lowest BCUT2D eigenvalue weighted by atomic mass is 10.1. The van der Waals surface area contributed by atoms with Crippen LogP contribution in [0.25, 0.3) is 11.3 Å². The zero-order valence-electron chi connectivity index (χ0n) is 10.3. The molecule has 0 spiro atoms. The second-order valence-corrected chi connectivity index (χ2v) is 4.38. The zero-order chi connectivity index (χ0) is 12.4. The Balaban J connectivity index is 2.56. The largest absolute Gasteiger partial charge is 0.384 e. The molecule has 0 aliphatic rings. The lowest BCUT2D eigenvalue weighted by Crippen LogP contribution is -2.03. The van der Waals surface area contributed by atoms with Crippen molar-refractivity contribution in [3.05, 3.63) is 35.9 Å². The third kappa shape index (κ3) is 2.41. The van der Waals surface area contributed by atoms with Crippen LogP contribution in [0, 0.1) is 6.92 Å². The fraction of sp³-hybridized carbons (Fsp3) is 0.308. The van der Waals surface area contributed by atoms with Gasteiger partial charge < -0.3 is 5.73 Å². The van der Waals surface area contributed by atoms with Crippen LogP contribution in [0.1, 0.15) is 31.2 Å². The molecular formula is C13H16N4. The summed E-state index contributed by atoms with van der Waals surface area (Å²) >= 11 is 0. The quantitative estimate of drug-likeness (QED) is 0.857. The summed E-state index contributed by atoms with van der Waals surface area (Å²) in [5, 5.41) is 0. The monoisotopic (exact) mass is 228 g/mol. The molecule has 0 aliphatic carbocycles. The van der Waals surface area contributed by atoms with E-state index in [0.717, 1.165) is 22.6 Å². The molecule has 2 aromatic heterocycles. The van der Waals surface area contributed by atoms with Gasteiger partial charge in [-0.1, -0.05) is 13.8 Å². The fourth-order valence-electron chi connectivity index (χ4n) is 1.64. The van der Waals surface area contributed by atoms with Crippen molar-refractivity contribution in [2.75, 3.05) is 5.73 Å². The molecule has 2 heterocycles. The molecule has 88 valence electrons. The van der Waals surface area contributed by atoms with Gasteiger partial charge in [0.2, 0.25) is 0 Å². The topological polar surface area (TPSA) is 64.7 Å². The Morgan fingerprint density at radius 3 is 2.65 bits per heavy atom. The van der Waals surface area contributed by atoms with Crippen LogP contribution in [0.15, 0.2) is 24.5 Å². The number of anilines is 1. The fourth-order valence-corrected chi connectivity index (χ4v) is 1.64. The molecule has 0 aromatic carbocycles. The number of nitrogens with two attached hydrogens (primary N) is 1. The normalized spacial score (nSPS) is 10.8. The second-order valence-electron chi connectivity index (χ2n) is 4.38. The molecule has 17 heavy (non-hydrogen) atoms. The third-order valence-electron chi connectivity index (χ3n) is 2.58. The van der Waals surface area contributed by atoms with E-state index >= 15 is 0 Å². The van der Waals surface area contributed by atoms with Crippen LogP contribution in [-0.4, -0.2) is 15.0 Å². The standard InChI is InChI=1S/C13H16N4/c1-8(2)13-16-11(6-12(14)17-13)10-4-5-15-7-9(10)3/h4-8H,1-3H3,(H2,14,16,17). The minimum Gasteiger partial charge on any atom is -0.384 e. The Kier molecular flexibility index (Phi) is 3.04. The summed E-state index contributed by atoms with van der Waals surface area (Å²) in [6, 6.07) is 3.75. The SMILES string of the molecule is Cc1cnccc1-c1cc(N)nc(C(C)C)n1. The maximum Gasteiger partial charge on any atom is 0.133 e. The van der Waals surface area contributed by atoms with E-state index in [1.54, 1.807) is 12.3 Å². The Labute approximate surface area is 101 Å².